The van der Waals surface area contributed by atoms with Crippen LogP contribution in [0.5, 0.6) is 0 Å². The molecule has 0 radical (unpaired) electrons. The van der Waals surface area contributed by atoms with E-state index in [4.69, 9.17) is 0 Å². The van der Waals surface area contributed by atoms with Crippen LogP contribution in [0.3, 0.4) is 0 Å². The van der Waals surface area contributed by atoms with E-state index in [9.17, 15) is 5.11 Å². The van der Waals surface area contributed by atoms with Crippen molar-refractivity contribution in [2.24, 2.45) is 5.41 Å². The van der Waals surface area contributed by atoms with Gasteiger partial charge in [0.25, 0.3) is 0 Å². The molecule has 102 valence electrons. The summed E-state index contributed by atoms with van der Waals surface area (Å²) in [6.07, 6.45) is 6.10. The fourth-order valence-corrected chi connectivity index (χ4v) is 2.57. The predicted octanol–water partition coefficient (Wildman–Crippen LogP) is 1.86. The lowest BCUT2D eigenvalue weighted by Crippen LogP contribution is -2.37. The second kappa shape index (κ2) is 8.06. The van der Waals surface area contributed by atoms with Gasteiger partial charge in [-0.05, 0) is 58.3 Å². The molecule has 0 spiro atoms. The SMILES string of the molecule is CCC(CC)(CO)CNCCCN1CCCC1. The van der Waals surface area contributed by atoms with Gasteiger partial charge in [0.1, 0.15) is 0 Å². The maximum atomic E-state index is 9.46. The summed E-state index contributed by atoms with van der Waals surface area (Å²) in [5, 5.41) is 13.0. The summed E-state index contributed by atoms with van der Waals surface area (Å²) in [4.78, 5) is 2.56. The van der Waals surface area contributed by atoms with Crippen molar-refractivity contribution < 1.29 is 5.11 Å². The molecule has 1 fully saturated rings. The minimum Gasteiger partial charge on any atom is -0.396 e. The van der Waals surface area contributed by atoms with Gasteiger partial charge >= 0.3 is 0 Å². The molecule has 1 rings (SSSR count). The van der Waals surface area contributed by atoms with E-state index in [-0.39, 0.29) is 5.41 Å². The molecule has 0 amide bonds. The third kappa shape index (κ3) is 4.94. The number of aliphatic hydroxyl groups excluding tert-OH is 1. The van der Waals surface area contributed by atoms with Gasteiger partial charge in [0.2, 0.25) is 0 Å². The van der Waals surface area contributed by atoms with Crippen LogP contribution < -0.4 is 5.32 Å². The van der Waals surface area contributed by atoms with E-state index in [0.29, 0.717) is 6.61 Å². The zero-order valence-electron chi connectivity index (χ0n) is 11.7. The Kier molecular flexibility index (Phi) is 7.09. The zero-order chi connectivity index (χ0) is 12.6. The molecular weight excluding hydrogens is 212 g/mol. The Morgan fingerprint density at radius 1 is 1.18 bits per heavy atom. The predicted molar refractivity (Wildman–Crippen MR) is 73.3 cm³/mol. The Morgan fingerprint density at radius 3 is 2.35 bits per heavy atom. The smallest absolute Gasteiger partial charge is 0.0499 e. The van der Waals surface area contributed by atoms with Crippen LogP contribution in [0.1, 0.15) is 46.0 Å². The first-order chi connectivity index (χ1) is 8.26. The van der Waals surface area contributed by atoms with Gasteiger partial charge in [-0.25, -0.2) is 0 Å². The summed E-state index contributed by atoms with van der Waals surface area (Å²) >= 11 is 0. The summed E-state index contributed by atoms with van der Waals surface area (Å²) in [7, 11) is 0. The number of aliphatic hydroxyl groups is 1. The molecule has 1 aliphatic heterocycles. The van der Waals surface area contributed by atoms with Gasteiger partial charge in [0, 0.05) is 18.6 Å². The summed E-state index contributed by atoms with van der Waals surface area (Å²) in [5.41, 5.74) is 0.105. The van der Waals surface area contributed by atoms with Crippen LogP contribution in [0.2, 0.25) is 0 Å². The monoisotopic (exact) mass is 242 g/mol. The van der Waals surface area contributed by atoms with E-state index in [1.807, 2.05) is 0 Å². The average Bonchev–Trinajstić information content (AvgIpc) is 2.88. The molecule has 0 atom stereocenters. The highest BCUT2D eigenvalue weighted by Crippen LogP contribution is 2.24. The largest absolute Gasteiger partial charge is 0.396 e. The maximum Gasteiger partial charge on any atom is 0.0499 e. The molecule has 1 aliphatic rings. The van der Waals surface area contributed by atoms with E-state index in [2.05, 4.69) is 24.1 Å². The molecule has 3 heteroatoms. The number of likely N-dealkylation sites (tertiary alicyclic amines) is 1. The number of rotatable bonds is 9. The second-order valence-corrected chi connectivity index (χ2v) is 5.44. The van der Waals surface area contributed by atoms with E-state index in [1.165, 1.54) is 38.9 Å². The third-order valence-electron chi connectivity index (χ3n) is 4.36. The Morgan fingerprint density at radius 2 is 1.82 bits per heavy atom. The summed E-state index contributed by atoms with van der Waals surface area (Å²) in [5.74, 6) is 0. The fourth-order valence-electron chi connectivity index (χ4n) is 2.57. The van der Waals surface area contributed by atoms with E-state index < -0.39 is 0 Å². The minimum absolute atomic E-state index is 0.105. The molecule has 3 nitrogen and oxygen atoms in total. The average molecular weight is 242 g/mol. The molecule has 0 aromatic carbocycles. The molecule has 0 bridgehead atoms. The van der Waals surface area contributed by atoms with Crippen molar-refractivity contribution >= 4 is 0 Å². The van der Waals surface area contributed by atoms with Crippen LogP contribution in [0, 0.1) is 5.41 Å². The highest BCUT2D eigenvalue weighted by molar-refractivity contribution is 4.78. The number of hydrogen-bond donors (Lipinski definition) is 2. The Hall–Kier alpha value is -0.120. The van der Waals surface area contributed by atoms with Gasteiger partial charge in [-0.1, -0.05) is 13.8 Å². The highest BCUT2D eigenvalue weighted by Gasteiger charge is 2.24. The number of nitrogens with one attached hydrogen (secondary N) is 1. The first-order valence-corrected chi connectivity index (χ1v) is 7.30. The first kappa shape index (κ1) is 14.9. The van der Waals surface area contributed by atoms with E-state index in [1.54, 1.807) is 0 Å². The normalized spacial score (nSPS) is 17.8. The number of hydrogen-bond acceptors (Lipinski definition) is 3. The van der Waals surface area contributed by atoms with Crippen LogP contribution in [0.15, 0.2) is 0 Å². The molecule has 0 aromatic rings. The lowest BCUT2D eigenvalue weighted by molar-refractivity contribution is 0.113. The lowest BCUT2D eigenvalue weighted by Gasteiger charge is -2.29. The van der Waals surface area contributed by atoms with Gasteiger partial charge < -0.3 is 15.3 Å². The molecule has 17 heavy (non-hydrogen) atoms. The summed E-state index contributed by atoms with van der Waals surface area (Å²) in [6, 6.07) is 0. The molecule has 0 unspecified atom stereocenters. The van der Waals surface area contributed by atoms with Crippen LogP contribution in [-0.4, -0.2) is 49.3 Å². The van der Waals surface area contributed by atoms with Gasteiger partial charge in [0.05, 0.1) is 0 Å². The Bertz CT molecular complexity index is 178. The van der Waals surface area contributed by atoms with Gasteiger partial charge in [0.15, 0.2) is 0 Å². The molecule has 0 aliphatic carbocycles. The van der Waals surface area contributed by atoms with Crippen LogP contribution in [-0.2, 0) is 0 Å². The first-order valence-electron chi connectivity index (χ1n) is 7.30. The molecular formula is C14H30N2O. The Balaban J connectivity index is 2.05. The van der Waals surface area contributed by atoms with E-state index >= 15 is 0 Å². The topological polar surface area (TPSA) is 35.5 Å². The van der Waals surface area contributed by atoms with Crippen molar-refractivity contribution in [1.29, 1.82) is 0 Å². The maximum absolute atomic E-state index is 9.46. The van der Waals surface area contributed by atoms with E-state index in [0.717, 1.165) is 25.9 Å². The molecule has 1 heterocycles. The highest BCUT2D eigenvalue weighted by atomic mass is 16.3. The van der Waals surface area contributed by atoms with Crippen molar-refractivity contribution in [2.75, 3.05) is 39.3 Å². The lowest BCUT2D eigenvalue weighted by atomic mass is 9.83. The minimum atomic E-state index is 0.105. The molecule has 2 N–H and O–H groups in total. The number of nitrogens with zero attached hydrogens (tertiary/aromatic N) is 1. The fraction of sp³-hybridized carbons (Fsp3) is 1.00. The summed E-state index contributed by atoms with van der Waals surface area (Å²) in [6.45, 7) is 10.5. The molecule has 0 saturated carbocycles. The van der Waals surface area contributed by atoms with Crippen molar-refractivity contribution in [2.45, 2.75) is 46.0 Å². The van der Waals surface area contributed by atoms with Crippen LogP contribution in [0.4, 0.5) is 0 Å². The quantitative estimate of drug-likeness (QED) is 0.606. The van der Waals surface area contributed by atoms with Gasteiger partial charge in [-0.3, -0.25) is 0 Å². The van der Waals surface area contributed by atoms with Crippen molar-refractivity contribution in [3.63, 3.8) is 0 Å². The molecule has 1 saturated heterocycles. The Labute approximate surface area is 107 Å². The van der Waals surface area contributed by atoms with Gasteiger partial charge in [-0.2, -0.15) is 0 Å². The molecule has 0 aromatic heterocycles. The van der Waals surface area contributed by atoms with Crippen LogP contribution in [0.25, 0.3) is 0 Å². The van der Waals surface area contributed by atoms with Crippen molar-refractivity contribution in [3.05, 3.63) is 0 Å². The standard InChI is InChI=1S/C14H30N2O/c1-3-14(4-2,13-17)12-15-8-7-11-16-9-5-6-10-16/h15,17H,3-13H2,1-2H3. The van der Waals surface area contributed by atoms with Crippen molar-refractivity contribution in [3.8, 4) is 0 Å². The van der Waals surface area contributed by atoms with Gasteiger partial charge in [-0.15, -0.1) is 0 Å². The van der Waals surface area contributed by atoms with Crippen LogP contribution >= 0.6 is 0 Å². The summed E-state index contributed by atoms with van der Waals surface area (Å²) < 4.78 is 0. The second-order valence-electron chi connectivity index (χ2n) is 5.44. The van der Waals surface area contributed by atoms with Crippen molar-refractivity contribution in [1.82, 2.24) is 10.2 Å². The zero-order valence-corrected chi connectivity index (χ0v) is 11.7. The third-order valence-corrected chi connectivity index (χ3v) is 4.36.